The van der Waals surface area contributed by atoms with Gasteiger partial charge < -0.3 is 10.1 Å². The SMILES string of the molecule is CC1(C)CC(NC(=O)C2(C#N)CC23CCCC3)c2ccc(F)cc2O1. The quantitative estimate of drug-likeness (QED) is 0.883. The van der Waals surface area contributed by atoms with Crippen molar-refractivity contribution in [1.29, 1.82) is 5.26 Å². The van der Waals surface area contributed by atoms with E-state index in [1.165, 1.54) is 12.1 Å². The Kier molecular flexibility index (Phi) is 3.41. The molecule has 2 aliphatic carbocycles. The van der Waals surface area contributed by atoms with E-state index in [-0.39, 0.29) is 23.2 Å². The van der Waals surface area contributed by atoms with Gasteiger partial charge in [0.25, 0.3) is 0 Å². The third-order valence-electron chi connectivity index (χ3n) is 6.26. The number of rotatable bonds is 2. The smallest absolute Gasteiger partial charge is 0.241 e. The molecule has 2 saturated carbocycles. The summed E-state index contributed by atoms with van der Waals surface area (Å²) in [5.41, 5.74) is -0.722. The van der Waals surface area contributed by atoms with Crippen molar-refractivity contribution < 1.29 is 13.9 Å². The van der Waals surface area contributed by atoms with Gasteiger partial charge >= 0.3 is 0 Å². The zero-order chi connectivity index (χ0) is 17.9. The van der Waals surface area contributed by atoms with Gasteiger partial charge in [-0.05, 0) is 39.2 Å². The van der Waals surface area contributed by atoms with Gasteiger partial charge in [0.2, 0.25) is 5.91 Å². The van der Waals surface area contributed by atoms with Gasteiger partial charge in [-0.1, -0.05) is 18.9 Å². The fraction of sp³-hybridized carbons (Fsp3) is 0.600. The Bertz CT molecular complexity index is 776. The fourth-order valence-electron chi connectivity index (χ4n) is 4.88. The number of amides is 1. The lowest BCUT2D eigenvalue weighted by molar-refractivity contribution is -0.126. The van der Waals surface area contributed by atoms with Crippen LogP contribution in [-0.2, 0) is 4.79 Å². The Labute approximate surface area is 147 Å². The molecule has 1 aromatic carbocycles. The van der Waals surface area contributed by atoms with Crippen molar-refractivity contribution in [2.45, 2.75) is 64.0 Å². The van der Waals surface area contributed by atoms with Crippen molar-refractivity contribution >= 4 is 5.91 Å². The zero-order valence-corrected chi connectivity index (χ0v) is 14.7. The number of carbonyl (C=O) groups excluding carboxylic acids is 1. The summed E-state index contributed by atoms with van der Waals surface area (Å²) in [5, 5.41) is 12.8. The minimum absolute atomic E-state index is 0.113. The Morgan fingerprint density at radius 1 is 1.36 bits per heavy atom. The molecule has 3 aliphatic rings. The van der Waals surface area contributed by atoms with Gasteiger partial charge in [-0.2, -0.15) is 5.26 Å². The van der Waals surface area contributed by atoms with Crippen LogP contribution in [0.25, 0.3) is 0 Å². The number of halogens is 1. The molecule has 1 N–H and O–H groups in total. The van der Waals surface area contributed by atoms with Gasteiger partial charge in [-0.15, -0.1) is 0 Å². The predicted molar refractivity (Wildman–Crippen MR) is 90.2 cm³/mol. The van der Waals surface area contributed by atoms with Gasteiger partial charge in [0.05, 0.1) is 12.1 Å². The van der Waals surface area contributed by atoms with Crippen LogP contribution in [0.15, 0.2) is 18.2 Å². The number of hydrogen-bond donors (Lipinski definition) is 1. The Morgan fingerprint density at radius 3 is 2.76 bits per heavy atom. The molecule has 1 amide bonds. The van der Waals surface area contributed by atoms with Crippen LogP contribution in [0.5, 0.6) is 5.75 Å². The molecule has 0 saturated heterocycles. The van der Waals surface area contributed by atoms with E-state index in [0.29, 0.717) is 18.6 Å². The van der Waals surface area contributed by atoms with Crippen LogP contribution < -0.4 is 10.1 Å². The first-order chi connectivity index (χ1) is 11.8. The van der Waals surface area contributed by atoms with Crippen LogP contribution in [0.1, 0.15) is 64.0 Å². The molecule has 1 aliphatic heterocycles. The van der Waals surface area contributed by atoms with Crippen LogP contribution in [0, 0.1) is 28.0 Å². The van der Waals surface area contributed by atoms with E-state index in [4.69, 9.17) is 4.74 Å². The molecule has 5 heteroatoms. The van der Waals surface area contributed by atoms with Gasteiger partial charge in [-0.3, -0.25) is 4.79 Å². The summed E-state index contributed by atoms with van der Waals surface area (Å²) in [6.45, 7) is 3.85. The second kappa shape index (κ2) is 5.20. The standard InChI is InChI=1S/C20H23FN2O2/c1-18(2)10-15(14-6-5-13(21)9-16(14)25-18)23-17(24)20(12-22)11-19(20)7-3-4-8-19/h5-6,9,15H,3-4,7-8,10-11H2,1-2H3,(H,23,24). The zero-order valence-electron chi connectivity index (χ0n) is 14.7. The molecule has 0 aromatic heterocycles. The molecule has 0 radical (unpaired) electrons. The monoisotopic (exact) mass is 342 g/mol. The third kappa shape index (κ3) is 2.42. The van der Waals surface area contributed by atoms with E-state index in [2.05, 4.69) is 11.4 Å². The molecule has 2 atom stereocenters. The Hall–Kier alpha value is -2.09. The van der Waals surface area contributed by atoms with Crippen LogP contribution in [0.4, 0.5) is 4.39 Å². The summed E-state index contributed by atoms with van der Waals surface area (Å²) in [6.07, 6.45) is 5.40. The highest BCUT2D eigenvalue weighted by Gasteiger charge is 2.73. The van der Waals surface area contributed by atoms with Crippen molar-refractivity contribution in [3.8, 4) is 11.8 Å². The number of carbonyl (C=O) groups is 1. The van der Waals surface area contributed by atoms with Crippen LogP contribution in [-0.4, -0.2) is 11.5 Å². The second-order valence-corrected chi connectivity index (χ2v) is 8.46. The first kappa shape index (κ1) is 16.4. The minimum atomic E-state index is -0.883. The molecule has 1 heterocycles. The molecule has 2 unspecified atom stereocenters. The summed E-state index contributed by atoms with van der Waals surface area (Å²) in [5.74, 6) is -0.0593. The van der Waals surface area contributed by atoms with Crippen molar-refractivity contribution in [3.63, 3.8) is 0 Å². The molecule has 132 valence electrons. The minimum Gasteiger partial charge on any atom is -0.487 e. The number of nitriles is 1. The first-order valence-corrected chi connectivity index (χ1v) is 9.02. The topological polar surface area (TPSA) is 62.1 Å². The molecule has 4 nitrogen and oxygen atoms in total. The van der Waals surface area contributed by atoms with Crippen molar-refractivity contribution in [1.82, 2.24) is 5.32 Å². The average molecular weight is 342 g/mol. The second-order valence-electron chi connectivity index (χ2n) is 8.46. The Balaban J connectivity index is 1.61. The van der Waals surface area contributed by atoms with Gasteiger partial charge in [-0.25, -0.2) is 4.39 Å². The number of fused-ring (bicyclic) bond motifs is 1. The van der Waals surface area contributed by atoms with E-state index >= 15 is 0 Å². The number of nitrogens with zero attached hydrogens (tertiary/aromatic N) is 1. The first-order valence-electron chi connectivity index (χ1n) is 9.02. The molecular formula is C20H23FN2O2. The van der Waals surface area contributed by atoms with E-state index in [1.54, 1.807) is 6.07 Å². The largest absolute Gasteiger partial charge is 0.487 e. The third-order valence-corrected chi connectivity index (χ3v) is 6.26. The molecule has 25 heavy (non-hydrogen) atoms. The van der Waals surface area contributed by atoms with E-state index in [1.807, 2.05) is 13.8 Å². The highest BCUT2D eigenvalue weighted by Crippen LogP contribution is 2.71. The van der Waals surface area contributed by atoms with Crippen molar-refractivity contribution in [2.24, 2.45) is 10.8 Å². The Morgan fingerprint density at radius 2 is 2.08 bits per heavy atom. The van der Waals surface area contributed by atoms with Crippen molar-refractivity contribution in [2.75, 3.05) is 0 Å². The van der Waals surface area contributed by atoms with Crippen LogP contribution in [0.2, 0.25) is 0 Å². The maximum Gasteiger partial charge on any atom is 0.241 e. The maximum absolute atomic E-state index is 13.6. The maximum atomic E-state index is 13.6. The summed E-state index contributed by atoms with van der Waals surface area (Å²) in [4.78, 5) is 13.0. The highest BCUT2D eigenvalue weighted by atomic mass is 19.1. The van der Waals surface area contributed by atoms with E-state index in [0.717, 1.165) is 31.2 Å². The number of benzene rings is 1. The number of ether oxygens (including phenoxy) is 1. The van der Waals surface area contributed by atoms with E-state index in [9.17, 15) is 14.4 Å². The molecule has 2 fully saturated rings. The van der Waals surface area contributed by atoms with Gasteiger partial charge in [0, 0.05) is 23.5 Å². The van der Waals surface area contributed by atoms with Crippen LogP contribution >= 0.6 is 0 Å². The molecule has 1 spiro atoms. The van der Waals surface area contributed by atoms with Gasteiger partial charge in [0.1, 0.15) is 22.6 Å². The average Bonchev–Trinajstić information content (AvgIpc) is 2.92. The summed E-state index contributed by atoms with van der Waals surface area (Å²) < 4.78 is 19.5. The lowest BCUT2D eigenvalue weighted by Crippen LogP contribution is -2.44. The molecular weight excluding hydrogens is 319 g/mol. The number of hydrogen-bond acceptors (Lipinski definition) is 3. The predicted octanol–water partition coefficient (Wildman–Crippen LogP) is 4.02. The molecule has 1 aromatic rings. The highest BCUT2D eigenvalue weighted by molar-refractivity contribution is 5.90. The van der Waals surface area contributed by atoms with Crippen molar-refractivity contribution in [3.05, 3.63) is 29.6 Å². The summed E-state index contributed by atoms with van der Waals surface area (Å²) in [6, 6.07) is 6.48. The molecule has 4 rings (SSSR count). The fourth-order valence-corrected chi connectivity index (χ4v) is 4.88. The van der Waals surface area contributed by atoms with Crippen LogP contribution in [0.3, 0.4) is 0 Å². The van der Waals surface area contributed by atoms with Gasteiger partial charge in [0.15, 0.2) is 0 Å². The van der Waals surface area contributed by atoms with E-state index < -0.39 is 11.0 Å². The normalized spacial score (nSPS) is 30.9. The molecule has 0 bridgehead atoms. The lowest BCUT2D eigenvalue weighted by atomic mass is 9.87. The summed E-state index contributed by atoms with van der Waals surface area (Å²) >= 11 is 0. The lowest BCUT2D eigenvalue weighted by Gasteiger charge is -2.38. The number of nitrogens with one attached hydrogen (secondary N) is 1. The summed E-state index contributed by atoms with van der Waals surface area (Å²) in [7, 11) is 0.